The number of carbonyl (C=O) groups is 1. The summed E-state index contributed by atoms with van der Waals surface area (Å²) in [4.78, 5) is 11.8. The van der Waals surface area contributed by atoms with E-state index < -0.39 is 11.7 Å². The lowest BCUT2D eigenvalue weighted by atomic mass is 10.1. The molecule has 0 saturated heterocycles. The standard InChI is InChI=1S/C16H20N4O2S/c1-16(2,3)22-15(21)18-11-5-6-12-10(8-11)4-7-13(12)19-14-20-17-9-23-14/h5-6,8-9,13H,4,7H2,1-3H3,(H,18,21)(H,19,20). The molecule has 1 aliphatic rings. The number of ether oxygens (including phenoxy) is 1. The van der Waals surface area contributed by atoms with E-state index in [0.29, 0.717) is 0 Å². The molecular weight excluding hydrogens is 312 g/mol. The monoisotopic (exact) mass is 332 g/mol. The fourth-order valence-electron chi connectivity index (χ4n) is 2.65. The van der Waals surface area contributed by atoms with Gasteiger partial charge in [0.25, 0.3) is 0 Å². The molecule has 1 aromatic carbocycles. The third kappa shape index (κ3) is 3.98. The minimum atomic E-state index is -0.502. The lowest BCUT2D eigenvalue weighted by Crippen LogP contribution is -2.27. The van der Waals surface area contributed by atoms with Crippen LogP contribution in [-0.2, 0) is 11.2 Å². The minimum Gasteiger partial charge on any atom is -0.444 e. The SMILES string of the molecule is CC(C)(C)OC(=O)Nc1ccc2c(c1)CCC2Nc1nncs1. The Morgan fingerprint density at radius 1 is 1.39 bits per heavy atom. The van der Waals surface area contributed by atoms with Crippen LogP contribution in [0.25, 0.3) is 0 Å². The number of amides is 1. The Balaban J connectivity index is 1.68. The van der Waals surface area contributed by atoms with E-state index in [-0.39, 0.29) is 6.04 Å². The summed E-state index contributed by atoms with van der Waals surface area (Å²) in [5.74, 6) is 0. The predicted molar refractivity (Wildman–Crippen MR) is 90.9 cm³/mol. The molecule has 6 nitrogen and oxygen atoms in total. The van der Waals surface area contributed by atoms with Crippen LogP contribution in [0.2, 0.25) is 0 Å². The van der Waals surface area contributed by atoms with Crippen molar-refractivity contribution < 1.29 is 9.53 Å². The van der Waals surface area contributed by atoms with Crippen LogP contribution in [0.5, 0.6) is 0 Å². The van der Waals surface area contributed by atoms with Crippen LogP contribution >= 0.6 is 11.3 Å². The molecule has 0 saturated carbocycles. The molecule has 0 spiro atoms. The van der Waals surface area contributed by atoms with Crippen molar-refractivity contribution in [1.29, 1.82) is 0 Å². The maximum Gasteiger partial charge on any atom is 0.412 e. The smallest absolute Gasteiger partial charge is 0.412 e. The van der Waals surface area contributed by atoms with E-state index in [1.165, 1.54) is 22.5 Å². The van der Waals surface area contributed by atoms with Crippen molar-refractivity contribution in [2.75, 3.05) is 10.6 Å². The van der Waals surface area contributed by atoms with E-state index >= 15 is 0 Å². The zero-order valence-electron chi connectivity index (χ0n) is 13.4. The van der Waals surface area contributed by atoms with Gasteiger partial charge in [0, 0.05) is 5.69 Å². The van der Waals surface area contributed by atoms with Gasteiger partial charge >= 0.3 is 6.09 Å². The molecule has 3 rings (SSSR count). The van der Waals surface area contributed by atoms with E-state index in [9.17, 15) is 4.79 Å². The molecule has 0 bridgehead atoms. The number of aryl methyl sites for hydroxylation is 1. The van der Waals surface area contributed by atoms with Crippen LogP contribution in [0.4, 0.5) is 15.6 Å². The molecule has 1 aliphatic carbocycles. The number of benzene rings is 1. The number of nitrogens with zero attached hydrogens (tertiary/aromatic N) is 2. The highest BCUT2D eigenvalue weighted by Crippen LogP contribution is 2.35. The van der Waals surface area contributed by atoms with Crippen LogP contribution in [-0.4, -0.2) is 21.9 Å². The number of hydrogen-bond acceptors (Lipinski definition) is 6. The summed E-state index contributed by atoms with van der Waals surface area (Å²) < 4.78 is 5.28. The second-order valence-corrected chi connectivity index (χ2v) is 7.35. The molecule has 23 heavy (non-hydrogen) atoms. The Labute approximate surface area is 139 Å². The Kier molecular flexibility index (Phi) is 4.21. The first-order valence-corrected chi connectivity index (χ1v) is 8.44. The van der Waals surface area contributed by atoms with Gasteiger partial charge in [0.05, 0.1) is 6.04 Å². The third-order valence-corrected chi connectivity index (χ3v) is 4.15. The van der Waals surface area contributed by atoms with E-state index in [1.807, 2.05) is 39.0 Å². The van der Waals surface area contributed by atoms with Gasteiger partial charge in [-0.1, -0.05) is 17.4 Å². The van der Waals surface area contributed by atoms with E-state index in [0.717, 1.165) is 23.7 Å². The topological polar surface area (TPSA) is 76.1 Å². The molecule has 1 atom stereocenters. The molecule has 2 N–H and O–H groups in total. The zero-order valence-corrected chi connectivity index (χ0v) is 14.2. The summed E-state index contributed by atoms with van der Waals surface area (Å²) in [6.07, 6.45) is 1.54. The molecular formula is C16H20N4O2S. The average molecular weight is 332 g/mol. The predicted octanol–water partition coefficient (Wildman–Crippen LogP) is 3.98. The Hall–Kier alpha value is -2.15. The number of fused-ring (bicyclic) bond motifs is 1. The van der Waals surface area contributed by atoms with Crippen molar-refractivity contribution in [3.8, 4) is 0 Å². The number of anilines is 2. The summed E-state index contributed by atoms with van der Waals surface area (Å²) in [5.41, 5.74) is 4.45. The van der Waals surface area contributed by atoms with Gasteiger partial charge in [-0.25, -0.2) is 4.79 Å². The minimum absolute atomic E-state index is 0.244. The number of nitrogens with one attached hydrogen (secondary N) is 2. The van der Waals surface area contributed by atoms with E-state index in [4.69, 9.17) is 4.74 Å². The van der Waals surface area contributed by atoms with Crippen molar-refractivity contribution >= 4 is 28.2 Å². The molecule has 1 amide bonds. The first-order chi connectivity index (χ1) is 10.9. The number of rotatable bonds is 3. The van der Waals surface area contributed by atoms with Gasteiger partial charge in [-0.3, -0.25) is 5.32 Å². The Morgan fingerprint density at radius 2 is 2.22 bits per heavy atom. The molecule has 0 radical (unpaired) electrons. The van der Waals surface area contributed by atoms with E-state index in [1.54, 1.807) is 5.51 Å². The number of aromatic nitrogens is 2. The fraction of sp³-hybridized carbons (Fsp3) is 0.438. The van der Waals surface area contributed by atoms with Crippen molar-refractivity contribution in [3.63, 3.8) is 0 Å². The fourth-order valence-corrected chi connectivity index (χ4v) is 3.15. The molecule has 7 heteroatoms. The van der Waals surface area contributed by atoms with Crippen LogP contribution in [0.1, 0.15) is 44.4 Å². The van der Waals surface area contributed by atoms with Crippen molar-refractivity contribution in [3.05, 3.63) is 34.8 Å². The maximum absolute atomic E-state index is 11.8. The van der Waals surface area contributed by atoms with Gasteiger partial charge < -0.3 is 10.1 Å². The molecule has 122 valence electrons. The van der Waals surface area contributed by atoms with Crippen LogP contribution < -0.4 is 10.6 Å². The van der Waals surface area contributed by atoms with Crippen LogP contribution in [0.3, 0.4) is 0 Å². The van der Waals surface area contributed by atoms with Crippen LogP contribution in [0.15, 0.2) is 23.7 Å². The van der Waals surface area contributed by atoms with Crippen molar-refractivity contribution in [1.82, 2.24) is 10.2 Å². The number of hydrogen-bond donors (Lipinski definition) is 2. The summed E-state index contributed by atoms with van der Waals surface area (Å²) in [7, 11) is 0. The normalized spacial score (nSPS) is 16.7. The second kappa shape index (κ2) is 6.16. The molecule has 0 fully saturated rings. The highest BCUT2D eigenvalue weighted by molar-refractivity contribution is 7.13. The molecule has 0 aliphatic heterocycles. The zero-order chi connectivity index (χ0) is 16.4. The lowest BCUT2D eigenvalue weighted by molar-refractivity contribution is 0.0636. The highest BCUT2D eigenvalue weighted by atomic mass is 32.1. The Bertz CT molecular complexity index is 695. The van der Waals surface area contributed by atoms with Crippen molar-refractivity contribution in [2.45, 2.75) is 45.3 Å². The van der Waals surface area contributed by atoms with Crippen molar-refractivity contribution in [2.24, 2.45) is 0 Å². The Morgan fingerprint density at radius 3 is 2.91 bits per heavy atom. The highest BCUT2D eigenvalue weighted by Gasteiger charge is 2.24. The van der Waals surface area contributed by atoms with Gasteiger partial charge in [-0.05, 0) is 56.9 Å². The summed E-state index contributed by atoms with van der Waals surface area (Å²) >= 11 is 1.49. The van der Waals surface area contributed by atoms with E-state index in [2.05, 4.69) is 20.8 Å². The van der Waals surface area contributed by atoms with Crippen LogP contribution in [0, 0.1) is 0 Å². The maximum atomic E-state index is 11.8. The summed E-state index contributed by atoms with van der Waals surface area (Å²) in [6, 6.07) is 6.21. The van der Waals surface area contributed by atoms with Gasteiger partial charge in [0.1, 0.15) is 11.1 Å². The molecule has 2 aromatic rings. The lowest BCUT2D eigenvalue weighted by Gasteiger charge is -2.20. The third-order valence-electron chi connectivity index (χ3n) is 3.52. The molecule has 1 heterocycles. The van der Waals surface area contributed by atoms with Gasteiger partial charge in [0.2, 0.25) is 5.13 Å². The first kappa shape index (κ1) is 15.7. The first-order valence-electron chi connectivity index (χ1n) is 7.56. The average Bonchev–Trinajstić information content (AvgIpc) is 3.07. The quantitative estimate of drug-likeness (QED) is 0.889. The molecule has 1 unspecified atom stereocenters. The second-order valence-electron chi connectivity index (χ2n) is 6.52. The van der Waals surface area contributed by atoms with Gasteiger partial charge in [-0.2, -0.15) is 0 Å². The van der Waals surface area contributed by atoms with Gasteiger partial charge in [0.15, 0.2) is 0 Å². The summed E-state index contributed by atoms with van der Waals surface area (Å²) in [5, 5.41) is 14.9. The van der Waals surface area contributed by atoms with Gasteiger partial charge in [-0.15, -0.1) is 10.2 Å². The molecule has 1 aromatic heterocycles. The summed E-state index contributed by atoms with van der Waals surface area (Å²) in [6.45, 7) is 5.54. The largest absolute Gasteiger partial charge is 0.444 e. The number of carbonyl (C=O) groups excluding carboxylic acids is 1.